The molecule has 0 N–H and O–H groups in total. The van der Waals surface area contributed by atoms with Gasteiger partial charge in [-0.05, 0) is 192 Å². The molecule has 3 aliphatic carbocycles. The van der Waals surface area contributed by atoms with Gasteiger partial charge in [-0.1, -0.05) is 184 Å². The maximum atomic E-state index is 7.92. The van der Waals surface area contributed by atoms with Gasteiger partial charge >= 0.3 is 6.85 Å². The summed E-state index contributed by atoms with van der Waals surface area (Å²) in [7, 11) is 0. The normalized spacial score (nSPS) is 18.5. The van der Waals surface area contributed by atoms with Crippen LogP contribution in [-0.4, -0.2) is 6.85 Å². The largest absolute Gasteiger partial charge is 0.466 e. The zero-order valence-electron chi connectivity index (χ0n) is 51.4. The smallest absolute Gasteiger partial charge is 0.376 e. The minimum Gasteiger partial charge on any atom is -0.466 e. The number of hydrogen-bond acceptors (Lipinski definition) is 4. The highest BCUT2D eigenvalue weighted by molar-refractivity contribution is 6.93. The van der Waals surface area contributed by atoms with Crippen LogP contribution in [0.15, 0.2) is 148 Å². The van der Waals surface area contributed by atoms with Gasteiger partial charge in [-0.15, -0.1) is 0 Å². The zero-order chi connectivity index (χ0) is 57.3. The molecule has 15 rings (SSSR count). The minimum atomic E-state index is -0.375. The second kappa shape index (κ2) is 16.5. The molecule has 4 nitrogen and oxygen atoms in total. The second-order valence-corrected chi connectivity index (χ2v) is 30.6. The molecule has 0 saturated heterocycles. The minimum absolute atomic E-state index is 0.0168. The number of nitrogens with zero attached hydrogens (tertiary/aromatic N) is 2. The van der Waals surface area contributed by atoms with Gasteiger partial charge in [0.1, 0.15) is 22.4 Å². The second-order valence-electron chi connectivity index (χ2n) is 30.6. The first kappa shape index (κ1) is 51.6. The lowest BCUT2D eigenvalue weighted by molar-refractivity contribution is 0.331. The maximum absolute atomic E-state index is 7.92. The molecule has 5 heteroatoms. The van der Waals surface area contributed by atoms with Crippen molar-refractivity contribution < 1.29 is 8.83 Å². The number of para-hydroxylation sites is 1. The molecule has 0 atom stereocenters. The van der Waals surface area contributed by atoms with E-state index in [1.807, 2.05) is 0 Å². The number of furan rings is 2. The van der Waals surface area contributed by atoms with Crippen LogP contribution in [0.25, 0.3) is 66.3 Å². The van der Waals surface area contributed by atoms with Crippen molar-refractivity contribution in [3.8, 4) is 33.4 Å². The number of fused-ring (bicyclic) bond motifs is 15. The van der Waals surface area contributed by atoms with Crippen LogP contribution in [0.1, 0.15) is 181 Å². The Kier molecular flexibility index (Phi) is 10.4. The highest BCUT2D eigenvalue weighted by Gasteiger charge is 2.52. The Bertz CT molecular complexity index is 4390. The third-order valence-corrected chi connectivity index (χ3v) is 21.1. The molecule has 0 bridgehead atoms. The topological polar surface area (TPSA) is 32.8 Å². The molecular weight excluding hydrogens is 996 g/mol. The van der Waals surface area contributed by atoms with Gasteiger partial charge in [0.15, 0.2) is 0 Å². The van der Waals surface area contributed by atoms with Crippen LogP contribution < -0.4 is 20.8 Å². The van der Waals surface area contributed by atoms with E-state index in [-0.39, 0.29) is 44.8 Å². The molecule has 8 aromatic carbocycles. The molecule has 10 aromatic rings. The van der Waals surface area contributed by atoms with Crippen LogP contribution in [-0.2, 0) is 37.9 Å². The Morgan fingerprint density at radius 2 is 1.00 bits per heavy atom. The van der Waals surface area contributed by atoms with Gasteiger partial charge < -0.3 is 18.5 Å². The molecular formula is C77H79BN2O2. The van der Waals surface area contributed by atoms with Crippen LogP contribution >= 0.6 is 0 Å². The van der Waals surface area contributed by atoms with Gasteiger partial charge in [0, 0.05) is 55.3 Å². The first-order valence-electron chi connectivity index (χ1n) is 30.5. The summed E-state index contributed by atoms with van der Waals surface area (Å²) in [4.78, 5) is 5.31. The van der Waals surface area contributed by atoms with Crippen molar-refractivity contribution in [1.82, 2.24) is 0 Å². The average molecular weight is 1080 g/mol. The highest BCUT2D eigenvalue weighted by atomic mass is 16.3. The molecule has 0 unspecified atom stereocenters. The van der Waals surface area contributed by atoms with Gasteiger partial charge in [-0.3, -0.25) is 0 Å². The van der Waals surface area contributed by atoms with Crippen LogP contribution in [0, 0.1) is 0 Å². The van der Waals surface area contributed by atoms with Crippen molar-refractivity contribution in [2.45, 2.75) is 174 Å². The molecule has 5 aliphatic rings. The fourth-order valence-electron chi connectivity index (χ4n) is 15.7. The SMILES string of the molecule is CC(C)(C)c1ccc(N2B3c4oc5cc6c(cc5c4N(c4ccc(C(C)(C)C)cc4-c4ccccc4)c4cc5c(oc7ccccc75)c(c43)-c3cc4c(cc32)C(C)(C)c2cc3c(cc2-4)C(C)(C)CCC3(C)C)C(C)(C)CCC6(C)C)cc1. The molecule has 2 aromatic heterocycles. The standard InChI is InChI=1S/C77H79BN2O2/c1-71(2,3)45-26-29-47(30-27-45)80-62-42-56-50(51-38-57-59(41-55(51)77(56,15)16)75(11,12)34-32-73(57,7)8)37-53(62)66-67-63(40-52-48-24-20-21-25-64(48)81-69(52)66)79(61-31-28-46(72(4,5)6)36-49(61)44-22-18-17-19-23-44)68-54-39-58-60(43-65(54)82-70(68)78(67)80)76(13,14)35-33-74(58,9)10/h17-31,36-43H,32-35H2,1-16H3. The number of benzene rings is 8. The fraction of sp³-hybridized carbons (Fsp3) is 0.351. The summed E-state index contributed by atoms with van der Waals surface area (Å²) in [6.07, 6.45) is 4.58. The summed E-state index contributed by atoms with van der Waals surface area (Å²) in [6, 6.07) is 54.5. The van der Waals surface area contributed by atoms with Gasteiger partial charge in [-0.25, -0.2) is 0 Å². The first-order valence-corrected chi connectivity index (χ1v) is 30.5. The number of hydrogen-bond donors (Lipinski definition) is 0. The number of rotatable bonds is 3. The third kappa shape index (κ3) is 7.16. The summed E-state index contributed by atoms with van der Waals surface area (Å²) in [5.41, 5.74) is 28.9. The van der Waals surface area contributed by atoms with E-state index in [0.29, 0.717) is 0 Å². The van der Waals surface area contributed by atoms with Crippen molar-refractivity contribution in [1.29, 1.82) is 0 Å². The Labute approximate surface area is 487 Å². The van der Waals surface area contributed by atoms with Crippen molar-refractivity contribution in [3.05, 3.63) is 184 Å². The van der Waals surface area contributed by atoms with Crippen LogP contribution in [0.5, 0.6) is 0 Å². The van der Waals surface area contributed by atoms with Gasteiger partial charge in [0.25, 0.3) is 0 Å². The van der Waals surface area contributed by atoms with Crippen LogP contribution in [0.4, 0.5) is 28.4 Å². The summed E-state index contributed by atoms with van der Waals surface area (Å²) < 4.78 is 15.3. The molecule has 82 heavy (non-hydrogen) atoms. The number of anilines is 5. The quantitative estimate of drug-likeness (QED) is 0.165. The van der Waals surface area contributed by atoms with E-state index in [4.69, 9.17) is 8.83 Å². The first-order chi connectivity index (χ1) is 38.6. The van der Waals surface area contributed by atoms with E-state index >= 15 is 0 Å². The summed E-state index contributed by atoms with van der Waals surface area (Å²) >= 11 is 0. The lowest BCUT2D eigenvalue weighted by Gasteiger charge is -2.44. The fourth-order valence-corrected chi connectivity index (χ4v) is 15.7. The predicted molar refractivity (Wildman–Crippen MR) is 348 cm³/mol. The Hall–Kier alpha value is -7.24. The van der Waals surface area contributed by atoms with E-state index in [9.17, 15) is 0 Å². The Morgan fingerprint density at radius 1 is 0.427 bits per heavy atom. The van der Waals surface area contributed by atoms with Crippen LogP contribution in [0.2, 0.25) is 0 Å². The molecule has 412 valence electrons. The molecule has 0 amide bonds. The summed E-state index contributed by atoms with van der Waals surface area (Å²) in [6.45, 7) is 38.2. The lowest BCUT2D eigenvalue weighted by atomic mass is 9.45. The highest BCUT2D eigenvalue weighted by Crippen LogP contribution is 2.60. The van der Waals surface area contributed by atoms with Crippen molar-refractivity contribution in [2.75, 3.05) is 9.71 Å². The molecule has 0 fully saturated rings. The van der Waals surface area contributed by atoms with Gasteiger partial charge in [0.05, 0.1) is 11.4 Å². The molecule has 4 heterocycles. The van der Waals surface area contributed by atoms with E-state index < -0.39 is 0 Å². The van der Waals surface area contributed by atoms with Gasteiger partial charge in [-0.2, -0.15) is 0 Å². The molecule has 0 radical (unpaired) electrons. The van der Waals surface area contributed by atoms with Crippen LogP contribution in [0.3, 0.4) is 0 Å². The van der Waals surface area contributed by atoms with E-state index in [1.165, 1.54) is 96.3 Å². The molecule has 0 saturated carbocycles. The van der Waals surface area contributed by atoms with E-state index in [1.54, 1.807) is 0 Å². The molecule has 0 spiro atoms. The monoisotopic (exact) mass is 1070 g/mol. The van der Waals surface area contributed by atoms with E-state index in [0.717, 1.165) is 79.7 Å². The summed E-state index contributed by atoms with van der Waals surface area (Å²) in [5.74, 6) is 0. The Balaban J connectivity index is 1.12. The van der Waals surface area contributed by atoms with Crippen molar-refractivity contribution >= 4 is 79.3 Å². The van der Waals surface area contributed by atoms with Crippen molar-refractivity contribution in [2.24, 2.45) is 0 Å². The van der Waals surface area contributed by atoms with Crippen molar-refractivity contribution in [3.63, 3.8) is 0 Å². The lowest BCUT2D eigenvalue weighted by Crippen LogP contribution is -2.61. The predicted octanol–water partition coefficient (Wildman–Crippen LogP) is 20.3. The third-order valence-electron chi connectivity index (χ3n) is 21.1. The summed E-state index contributed by atoms with van der Waals surface area (Å²) in [5, 5.41) is 3.38. The van der Waals surface area contributed by atoms with E-state index in [2.05, 4.69) is 260 Å². The zero-order valence-corrected chi connectivity index (χ0v) is 51.4. The average Bonchev–Trinajstić information content (AvgIpc) is 1.53. The van der Waals surface area contributed by atoms with Gasteiger partial charge in [0.2, 0.25) is 0 Å². The maximum Gasteiger partial charge on any atom is 0.376 e. The molecule has 2 aliphatic heterocycles. The Morgan fingerprint density at radius 3 is 1.66 bits per heavy atom.